The summed E-state index contributed by atoms with van der Waals surface area (Å²) in [7, 11) is 0. The fraction of sp³-hybridized carbons (Fsp3) is 0.0222. The average molecular weight is 663 g/mol. The zero-order valence-corrected chi connectivity index (χ0v) is 27.7. The Balaban J connectivity index is 1.10. The summed E-state index contributed by atoms with van der Waals surface area (Å²) in [6.45, 7) is 2.15. The van der Waals surface area contributed by atoms with Crippen LogP contribution < -0.4 is 4.74 Å². The molecule has 3 aromatic heterocycles. The normalized spacial score (nSPS) is 11.3. The lowest BCUT2D eigenvalue weighted by molar-refractivity contribution is 0.483. The molecule has 0 atom stereocenters. The highest BCUT2D eigenvalue weighted by molar-refractivity contribution is 6.09. The van der Waals surface area contributed by atoms with E-state index in [4.69, 9.17) is 9.84 Å². The highest BCUT2D eigenvalue weighted by Gasteiger charge is 2.18. The summed E-state index contributed by atoms with van der Waals surface area (Å²) in [6, 6.07) is 50.3. The van der Waals surface area contributed by atoms with Gasteiger partial charge in [-0.3, -0.25) is 4.57 Å². The van der Waals surface area contributed by atoms with Crippen molar-refractivity contribution in [2.45, 2.75) is 6.92 Å². The van der Waals surface area contributed by atoms with Gasteiger partial charge < -0.3 is 4.74 Å². The lowest BCUT2D eigenvalue weighted by Gasteiger charge is -2.16. The van der Waals surface area contributed by atoms with Crippen LogP contribution in [0.5, 0.6) is 11.5 Å². The molecule has 6 aromatic carbocycles. The molecular formula is C45H31FN4O. The molecule has 9 rings (SSSR count). The summed E-state index contributed by atoms with van der Waals surface area (Å²) in [5.74, 6) is 1.49. The van der Waals surface area contributed by atoms with Crippen molar-refractivity contribution in [2.75, 3.05) is 0 Å². The van der Waals surface area contributed by atoms with Gasteiger partial charge in [-0.15, -0.1) is 0 Å². The van der Waals surface area contributed by atoms with Crippen LogP contribution in [0.2, 0.25) is 0 Å². The number of pyridine rings is 1. The minimum absolute atomic E-state index is 0.341. The largest absolute Gasteiger partial charge is 0.457 e. The van der Waals surface area contributed by atoms with Gasteiger partial charge in [-0.05, 0) is 71.1 Å². The average Bonchev–Trinajstić information content (AvgIpc) is 3.79. The first-order valence-corrected chi connectivity index (χ1v) is 16.8. The fourth-order valence-corrected chi connectivity index (χ4v) is 6.98. The van der Waals surface area contributed by atoms with E-state index in [2.05, 4.69) is 84.8 Å². The first-order valence-electron chi connectivity index (χ1n) is 16.8. The second-order valence-electron chi connectivity index (χ2n) is 12.6. The predicted octanol–water partition coefficient (Wildman–Crippen LogP) is 11.6. The molecule has 5 nitrogen and oxygen atoms in total. The van der Waals surface area contributed by atoms with Crippen LogP contribution in [0.1, 0.15) is 5.56 Å². The highest BCUT2D eigenvalue weighted by Crippen LogP contribution is 2.41. The molecule has 0 spiro atoms. The number of hydrogen-bond donors (Lipinski definition) is 0. The van der Waals surface area contributed by atoms with Gasteiger partial charge in [-0.1, -0.05) is 97.1 Å². The number of hydrogen-bond acceptors (Lipinski definition) is 3. The van der Waals surface area contributed by atoms with Gasteiger partial charge in [0.05, 0.1) is 22.9 Å². The van der Waals surface area contributed by atoms with Gasteiger partial charge in [-0.25, -0.2) is 14.1 Å². The summed E-state index contributed by atoms with van der Waals surface area (Å²) in [5, 5.41) is 6.93. The maximum Gasteiger partial charge on any atom is 0.140 e. The lowest BCUT2D eigenvalue weighted by Crippen LogP contribution is -1.98. The van der Waals surface area contributed by atoms with E-state index in [1.165, 1.54) is 23.9 Å². The molecule has 0 saturated heterocycles. The zero-order valence-electron chi connectivity index (χ0n) is 27.7. The predicted molar refractivity (Wildman–Crippen MR) is 203 cm³/mol. The molecule has 9 aromatic rings. The van der Waals surface area contributed by atoms with Crippen LogP contribution in [-0.2, 0) is 0 Å². The maximum atomic E-state index is 14.3. The van der Waals surface area contributed by atoms with Gasteiger partial charge in [0, 0.05) is 52.5 Å². The van der Waals surface area contributed by atoms with Gasteiger partial charge in [-0.2, -0.15) is 5.10 Å². The number of rotatable bonds is 7. The van der Waals surface area contributed by atoms with Crippen molar-refractivity contribution in [1.82, 2.24) is 19.3 Å². The van der Waals surface area contributed by atoms with Crippen LogP contribution in [0, 0.1) is 12.7 Å². The lowest BCUT2D eigenvalue weighted by atomic mass is 9.87. The van der Waals surface area contributed by atoms with Crippen molar-refractivity contribution in [3.05, 3.63) is 182 Å². The van der Waals surface area contributed by atoms with Crippen molar-refractivity contribution in [2.24, 2.45) is 0 Å². The van der Waals surface area contributed by atoms with Crippen molar-refractivity contribution in [3.63, 3.8) is 0 Å². The summed E-state index contributed by atoms with van der Waals surface area (Å²) >= 11 is 0. The van der Waals surface area contributed by atoms with Crippen LogP contribution in [0.3, 0.4) is 0 Å². The molecule has 0 saturated carbocycles. The van der Waals surface area contributed by atoms with Gasteiger partial charge in [0.2, 0.25) is 0 Å². The van der Waals surface area contributed by atoms with Gasteiger partial charge in [0.25, 0.3) is 0 Å². The molecule has 0 fully saturated rings. The van der Waals surface area contributed by atoms with Crippen molar-refractivity contribution < 1.29 is 9.13 Å². The Morgan fingerprint density at radius 2 is 1.27 bits per heavy atom. The summed E-state index contributed by atoms with van der Waals surface area (Å²) < 4.78 is 24.7. The standard InChI is InChI=1S/C45H31FN4O/c1-30-23-40(31-11-4-2-5-12-31)45(41(24-30)32-13-6-3-7-14-32)33-28-48-49(29-33)35-15-10-16-36(26-35)51-37-19-20-39-38-17-8-9-18-42(38)50(43(39)27-37)44-25-34(46)21-22-47-44/h2-29H,1H3. The Labute approximate surface area is 294 Å². The van der Waals surface area contributed by atoms with E-state index in [1.807, 2.05) is 88.2 Å². The third kappa shape index (κ3) is 5.63. The molecule has 0 aliphatic rings. The van der Waals surface area contributed by atoms with Crippen molar-refractivity contribution in [3.8, 4) is 56.4 Å². The Morgan fingerprint density at radius 1 is 0.588 bits per heavy atom. The molecule has 0 N–H and O–H groups in total. The zero-order chi connectivity index (χ0) is 34.3. The number of aromatic nitrogens is 4. The Bertz CT molecular complexity index is 2640. The van der Waals surface area contributed by atoms with E-state index in [1.54, 1.807) is 0 Å². The molecule has 0 radical (unpaired) electrons. The molecule has 0 aliphatic carbocycles. The molecule has 0 unspecified atom stereocenters. The van der Waals surface area contributed by atoms with Gasteiger partial charge in [0.15, 0.2) is 0 Å². The SMILES string of the molecule is Cc1cc(-c2ccccc2)c(-c2cnn(-c3cccc(Oc4ccc5c6ccccc6n(-c6cc(F)ccn6)c5c4)c3)c2)c(-c2ccccc2)c1. The van der Waals surface area contributed by atoms with E-state index in [9.17, 15) is 4.39 Å². The first kappa shape index (κ1) is 30.3. The number of halogens is 1. The molecule has 51 heavy (non-hydrogen) atoms. The summed E-state index contributed by atoms with van der Waals surface area (Å²) in [5.41, 5.74) is 10.7. The molecule has 6 heteroatoms. The number of nitrogens with zero attached hydrogens (tertiary/aromatic N) is 4. The molecule has 0 amide bonds. The molecule has 0 aliphatic heterocycles. The molecule has 3 heterocycles. The topological polar surface area (TPSA) is 44.9 Å². The second-order valence-corrected chi connectivity index (χ2v) is 12.6. The molecule has 0 bridgehead atoms. The van der Waals surface area contributed by atoms with Crippen LogP contribution in [0.4, 0.5) is 4.39 Å². The van der Waals surface area contributed by atoms with Crippen LogP contribution >= 0.6 is 0 Å². The molecule has 244 valence electrons. The van der Waals surface area contributed by atoms with Crippen LogP contribution in [0.25, 0.3) is 66.7 Å². The van der Waals surface area contributed by atoms with E-state index in [0.717, 1.165) is 60.9 Å². The van der Waals surface area contributed by atoms with Gasteiger partial charge in [0.1, 0.15) is 23.1 Å². The number of fused-ring (bicyclic) bond motifs is 3. The van der Waals surface area contributed by atoms with Crippen molar-refractivity contribution in [1.29, 1.82) is 0 Å². The minimum atomic E-state index is -0.341. The van der Waals surface area contributed by atoms with E-state index >= 15 is 0 Å². The third-order valence-corrected chi connectivity index (χ3v) is 9.22. The van der Waals surface area contributed by atoms with E-state index < -0.39 is 0 Å². The maximum absolute atomic E-state index is 14.3. The number of aryl methyl sites for hydroxylation is 1. The number of ether oxygens (including phenoxy) is 1. The number of para-hydroxylation sites is 1. The first-order chi connectivity index (χ1) is 25.1. The fourth-order valence-electron chi connectivity index (χ4n) is 6.98. The summed E-state index contributed by atoms with van der Waals surface area (Å²) in [6.07, 6.45) is 5.50. The Hall–Kier alpha value is -6.79. The Morgan fingerprint density at radius 3 is 2.02 bits per heavy atom. The molecular weight excluding hydrogens is 632 g/mol. The van der Waals surface area contributed by atoms with E-state index in [-0.39, 0.29) is 5.82 Å². The highest BCUT2D eigenvalue weighted by atomic mass is 19.1. The second kappa shape index (κ2) is 12.6. The van der Waals surface area contributed by atoms with Gasteiger partial charge >= 0.3 is 0 Å². The number of benzene rings is 6. The van der Waals surface area contributed by atoms with Crippen LogP contribution in [0.15, 0.2) is 170 Å². The quantitative estimate of drug-likeness (QED) is 0.171. The van der Waals surface area contributed by atoms with Crippen molar-refractivity contribution >= 4 is 21.8 Å². The van der Waals surface area contributed by atoms with E-state index in [0.29, 0.717) is 17.3 Å². The van der Waals surface area contributed by atoms with Crippen LogP contribution in [-0.4, -0.2) is 19.3 Å². The monoisotopic (exact) mass is 662 g/mol. The summed E-state index contributed by atoms with van der Waals surface area (Å²) in [4.78, 5) is 4.49. The minimum Gasteiger partial charge on any atom is -0.457 e. The smallest absolute Gasteiger partial charge is 0.140 e. The third-order valence-electron chi connectivity index (χ3n) is 9.22. The Kier molecular flexibility index (Phi) is 7.47.